The number of aliphatic hydroxyl groups excluding tert-OH is 1. The minimum atomic E-state index is -0.189. The molecule has 116 valence electrons. The summed E-state index contributed by atoms with van der Waals surface area (Å²) in [6.07, 6.45) is 3.67. The maximum Gasteiger partial charge on any atom is 0.251 e. The molecule has 4 heteroatoms. The van der Waals surface area contributed by atoms with Gasteiger partial charge in [-0.3, -0.25) is 4.79 Å². The second-order valence-electron chi connectivity index (χ2n) is 6.33. The van der Waals surface area contributed by atoms with Gasteiger partial charge in [-0.05, 0) is 57.0 Å². The van der Waals surface area contributed by atoms with Gasteiger partial charge in [-0.25, -0.2) is 0 Å². The summed E-state index contributed by atoms with van der Waals surface area (Å²) in [4.78, 5) is 14.2. The molecular weight excluding hydrogens is 264 g/mol. The van der Waals surface area contributed by atoms with Gasteiger partial charge in [0.25, 0.3) is 5.91 Å². The van der Waals surface area contributed by atoms with Crippen molar-refractivity contribution in [3.8, 4) is 0 Å². The van der Waals surface area contributed by atoms with Crippen molar-refractivity contribution < 1.29 is 9.90 Å². The molecule has 1 aliphatic carbocycles. The molecule has 0 saturated heterocycles. The van der Waals surface area contributed by atoms with E-state index in [2.05, 4.69) is 10.2 Å². The van der Waals surface area contributed by atoms with E-state index in [1.807, 2.05) is 38.4 Å². The molecule has 1 aromatic carbocycles. The number of rotatable bonds is 5. The lowest BCUT2D eigenvalue weighted by Gasteiger charge is -2.25. The van der Waals surface area contributed by atoms with Gasteiger partial charge < -0.3 is 15.3 Å². The summed E-state index contributed by atoms with van der Waals surface area (Å²) in [5, 5.41) is 12.6. The number of carbonyl (C=O) groups is 1. The fraction of sp³-hybridized carbons (Fsp3) is 0.588. The Morgan fingerprint density at radius 1 is 1.29 bits per heavy atom. The highest BCUT2D eigenvalue weighted by Crippen LogP contribution is 2.23. The number of hydrogen-bond acceptors (Lipinski definition) is 3. The zero-order valence-corrected chi connectivity index (χ0v) is 13.0. The molecule has 21 heavy (non-hydrogen) atoms. The van der Waals surface area contributed by atoms with Crippen LogP contribution in [0.25, 0.3) is 0 Å². The van der Waals surface area contributed by atoms with E-state index in [0.29, 0.717) is 18.0 Å². The SMILES string of the molecule is CN(C)Cc1ccc(C(=O)NCC2CCCC(O)C2)cc1. The summed E-state index contributed by atoms with van der Waals surface area (Å²) in [6, 6.07) is 7.76. The lowest BCUT2D eigenvalue weighted by molar-refractivity contribution is 0.0874. The van der Waals surface area contributed by atoms with Crippen LogP contribution in [-0.2, 0) is 6.54 Å². The average Bonchev–Trinajstić information content (AvgIpc) is 2.45. The molecule has 0 aliphatic heterocycles. The minimum Gasteiger partial charge on any atom is -0.393 e. The zero-order chi connectivity index (χ0) is 15.2. The highest BCUT2D eigenvalue weighted by Gasteiger charge is 2.20. The van der Waals surface area contributed by atoms with Crippen molar-refractivity contribution in [2.45, 2.75) is 38.3 Å². The predicted molar refractivity (Wildman–Crippen MR) is 84.1 cm³/mol. The number of benzene rings is 1. The Morgan fingerprint density at radius 3 is 2.62 bits per heavy atom. The van der Waals surface area contributed by atoms with E-state index in [4.69, 9.17) is 0 Å². The minimum absolute atomic E-state index is 0.0218. The largest absolute Gasteiger partial charge is 0.393 e. The maximum atomic E-state index is 12.1. The molecule has 0 aromatic heterocycles. The molecule has 2 rings (SSSR count). The average molecular weight is 290 g/mol. The monoisotopic (exact) mass is 290 g/mol. The molecule has 2 unspecified atom stereocenters. The topological polar surface area (TPSA) is 52.6 Å². The number of amides is 1. The number of hydrogen-bond donors (Lipinski definition) is 2. The summed E-state index contributed by atoms with van der Waals surface area (Å²) in [5.41, 5.74) is 1.90. The molecule has 1 aliphatic rings. The third-order valence-electron chi connectivity index (χ3n) is 4.02. The normalized spacial score (nSPS) is 22.3. The number of aliphatic hydroxyl groups is 1. The third-order valence-corrected chi connectivity index (χ3v) is 4.02. The highest BCUT2D eigenvalue weighted by atomic mass is 16.3. The molecule has 1 fully saturated rings. The second-order valence-corrected chi connectivity index (χ2v) is 6.33. The van der Waals surface area contributed by atoms with Gasteiger partial charge in [0.2, 0.25) is 0 Å². The van der Waals surface area contributed by atoms with Gasteiger partial charge in [-0.15, -0.1) is 0 Å². The second kappa shape index (κ2) is 7.57. The van der Waals surface area contributed by atoms with Gasteiger partial charge in [-0.2, -0.15) is 0 Å². The van der Waals surface area contributed by atoms with Crippen molar-refractivity contribution in [2.75, 3.05) is 20.6 Å². The van der Waals surface area contributed by atoms with Gasteiger partial charge >= 0.3 is 0 Å². The van der Waals surface area contributed by atoms with E-state index in [0.717, 1.165) is 32.2 Å². The Morgan fingerprint density at radius 2 is 2.00 bits per heavy atom. The summed E-state index contributed by atoms with van der Waals surface area (Å²) >= 11 is 0. The zero-order valence-electron chi connectivity index (χ0n) is 13.0. The van der Waals surface area contributed by atoms with Crippen LogP contribution in [0, 0.1) is 5.92 Å². The van der Waals surface area contributed by atoms with Crippen molar-refractivity contribution in [3.63, 3.8) is 0 Å². The first-order valence-electron chi connectivity index (χ1n) is 7.74. The van der Waals surface area contributed by atoms with Gasteiger partial charge in [0.05, 0.1) is 6.10 Å². The number of nitrogens with zero attached hydrogens (tertiary/aromatic N) is 1. The summed E-state index contributed by atoms with van der Waals surface area (Å²) in [7, 11) is 4.05. The van der Waals surface area contributed by atoms with Crippen molar-refractivity contribution in [1.29, 1.82) is 0 Å². The first kappa shape index (κ1) is 16.0. The van der Waals surface area contributed by atoms with Crippen molar-refractivity contribution in [2.24, 2.45) is 5.92 Å². The molecule has 4 nitrogen and oxygen atoms in total. The van der Waals surface area contributed by atoms with Gasteiger partial charge in [0, 0.05) is 18.7 Å². The van der Waals surface area contributed by atoms with Crippen molar-refractivity contribution in [3.05, 3.63) is 35.4 Å². The standard InChI is InChI=1S/C17H26N2O2/c1-19(2)12-13-6-8-15(9-7-13)17(21)18-11-14-4-3-5-16(20)10-14/h6-9,14,16,20H,3-5,10-12H2,1-2H3,(H,18,21). The molecule has 1 saturated carbocycles. The van der Waals surface area contributed by atoms with Crippen LogP contribution in [0.1, 0.15) is 41.6 Å². The van der Waals surface area contributed by atoms with E-state index in [1.54, 1.807) is 0 Å². The van der Waals surface area contributed by atoms with E-state index in [9.17, 15) is 9.90 Å². The lowest BCUT2D eigenvalue weighted by Crippen LogP contribution is -2.32. The van der Waals surface area contributed by atoms with Crippen LogP contribution in [0.4, 0.5) is 0 Å². The fourth-order valence-corrected chi connectivity index (χ4v) is 2.91. The highest BCUT2D eigenvalue weighted by molar-refractivity contribution is 5.94. The summed E-state index contributed by atoms with van der Waals surface area (Å²) in [6.45, 7) is 1.54. The fourth-order valence-electron chi connectivity index (χ4n) is 2.91. The molecule has 0 bridgehead atoms. The molecule has 0 heterocycles. The molecule has 2 atom stereocenters. The number of carbonyl (C=O) groups excluding carboxylic acids is 1. The van der Waals surface area contributed by atoms with Crippen molar-refractivity contribution >= 4 is 5.91 Å². The Labute approximate surface area is 127 Å². The van der Waals surface area contributed by atoms with Gasteiger partial charge in [-0.1, -0.05) is 18.6 Å². The number of nitrogens with one attached hydrogen (secondary N) is 1. The predicted octanol–water partition coefficient (Wildman–Crippen LogP) is 2.03. The molecule has 1 aromatic rings. The van der Waals surface area contributed by atoms with Crippen LogP contribution in [0.3, 0.4) is 0 Å². The molecular formula is C17H26N2O2. The molecule has 1 amide bonds. The summed E-state index contributed by atoms with van der Waals surface area (Å²) < 4.78 is 0. The Hall–Kier alpha value is -1.39. The van der Waals surface area contributed by atoms with Crippen LogP contribution in [-0.4, -0.2) is 42.7 Å². The smallest absolute Gasteiger partial charge is 0.251 e. The van der Waals surface area contributed by atoms with Crippen LogP contribution in [0.5, 0.6) is 0 Å². The maximum absolute atomic E-state index is 12.1. The Bertz CT molecular complexity index is 456. The van der Waals surface area contributed by atoms with Gasteiger partial charge in [0.1, 0.15) is 0 Å². The van der Waals surface area contributed by atoms with Crippen LogP contribution < -0.4 is 5.32 Å². The van der Waals surface area contributed by atoms with E-state index < -0.39 is 0 Å². The van der Waals surface area contributed by atoms with Crippen LogP contribution >= 0.6 is 0 Å². The van der Waals surface area contributed by atoms with E-state index in [1.165, 1.54) is 5.56 Å². The Kier molecular flexibility index (Phi) is 5.76. The third kappa shape index (κ3) is 5.14. The quantitative estimate of drug-likeness (QED) is 0.872. The van der Waals surface area contributed by atoms with Crippen molar-refractivity contribution in [1.82, 2.24) is 10.2 Å². The van der Waals surface area contributed by atoms with Crippen LogP contribution in [0.15, 0.2) is 24.3 Å². The first-order valence-corrected chi connectivity index (χ1v) is 7.74. The van der Waals surface area contributed by atoms with E-state index in [-0.39, 0.29) is 12.0 Å². The van der Waals surface area contributed by atoms with E-state index >= 15 is 0 Å². The lowest BCUT2D eigenvalue weighted by atomic mass is 9.87. The Balaban J connectivity index is 1.82. The molecule has 2 N–H and O–H groups in total. The van der Waals surface area contributed by atoms with Gasteiger partial charge in [0.15, 0.2) is 0 Å². The van der Waals surface area contributed by atoms with Crippen LogP contribution in [0.2, 0.25) is 0 Å². The summed E-state index contributed by atoms with van der Waals surface area (Å²) in [5.74, 6) is 0.386. The molecule has 0 radical (unpaired) electrons. The first-order chi connectivity index (χ1) is 10.0. The molecule has 0 spiro atoms.